The molecule has 2 unspecified atom stereocenters. The van der Waals surface area contributed by atoms with Crippen LogP contribution in [0.4, 0.5) is 8.78 Å². The van der Waals surface area contributed by atoms with Crippen molar-refractivity contribution in [3.8, 4) is 0 Å². The monoisotopic (exact) mass is 356 g/mol. The molecule has 1 aromatic carbocycles. The predicted octanol–water partition coefficient (Wildman–Crippen LogP) is 3.09. The maximum absolute atomic E-state index is 13.3. The standard InChI is InChI=1S/C18H22F2N2O.ClH/c19-15-2-1-12(9-16(15)20)13-10-14(13)17(23)22-7-4-18(5-8-22)3-6-21-11-18;/h1-2,9,13-14,21H,3-8,10-11H2;1H. The summed E-state index contributed by atoms with van der Waals surface area (Å²) in [6, 6.07) is 4.00. The molecule has 1 aromatic rings. The van der Waals surface area contributed by atoms with E-state index in [4.69, 9.17) is 0 Å². The third-order valence-electron chi connectivity index (χ3n) is 5.95. The largest absolute Gasteiger partial charge is 0.342 e. The van der Waals surface area contributed by atoms with Crippen LogP contribution in [0.2, 0.25) is 0 Å². The van der Waals surface area contributed by atoms with Gasteiger partial charge in [-0.15, -0.1) is 12.4 Å². The molecule has 1 saturated carbocycles. The number of benzene rings is 1. The summed E-state index contributed by atoms with van der Waals surface area (Å²) >= 11 is 0. The molecule has 3 aliphatic rings. The Kier molecular flexibility index (Phi) is 4.85. The number of nitrogens with zero attached hydrogens (tertiary/aromatic N) is 1. The van der Waals surface area contributed by atoms with E-state index in [1.807, 2.05) is 4.90 Å². The van der Waals surface area contributed by atoms with E-state index in [1.165, 1.54) is 12.5 Å². The van der Waals surface area contributed by atoms with Crippen molar-refractivity contribution in [1.82, 2.24) is 10.2 Å². The molecule has 0 aromatic heterocycles. The van der Waals surface area contributed by atoms with Gasteiger partial charge in [-0.05, 0) is 61.3 Å². The van der Waals surface area contributed by atoms with Gasteiger partial charge in [-0.1, -0.05) is 6.07 Å². The number of carbonyl (C=O) groups excluding carboxylic acids is 1. The Morgan fingerprint density at radius 2 is 1.92 bits per heavy atom. The number of carbonyl (C=O) groups is 1. The van der Waals surface area contributed by atoms with Crippen LogP contribution in [-0.2, 0) is 4.79 Å². The second-order valence-electron chi connectivity index (χ2n) is 7.37. The molecular weight excluding hydrogens is 334 g/mol. The number of halogens is 3. The molecule has 1 spiro atoms. The van der Waals surface area contributed by atoms with Gasteiger partial charge < -0.3 is 10.2 Å². The van der Waals surface area contributed by atoms with Gasteiger partial charge in [0.25, 0.3) is 0 Å². The summed E-state index contributed by atoms with van der Waals surface area (Å²) in [7, 11) is 0. The minimum Gasteiger partial charge on any atom is -0.342 e. The number of rotatable bonds is 2. The van der Waals surface area contributed by atoms with Crippen molar-refractivity contribution in [3.05, 3.63) is 35.4 Å². The quantitative estimate of drug-likeness (QED) is 0.883. The van der Waals surface area contributed by atoms with Gasteiger partial charge >= 0.3 is 0 Å². The van der Waals surface area contributed by atoms with Gasteiger partial charge in [0.2, 0.25) is 5.91 Å². The Morgan fingerprint density at radius 1 is 1.17 bits per heavy atom. The number of nitrogens with one attached hydrogen (secondary N) is 1. The molecule has 2 atom stereocenters. The zero-order valence-corrected chi connectivity index (χ0v) is 14.4. The van der Waals surface area contributed by atoms with E-state index >= 15 is 0 Å². The summed E-state index contributed by atoms with van der Waals surface area (Å²) in [4.78, 5) is 14.6. The minimum atomic E-state index is -0.830. The van der Waals surface area contributed by atoms with E-state index in [-0.39, 0.29) is 30.2 Å². The van der Waals surface area contributed by atoms with Crippen LogP contribution < -0.4 is 5.32 Å². The van der Waals surface area contributed by atoms with Crippen molar-refractivity contribution in [3.63, 3.8) is 0 Å². The van der Waals surface area contributed by atoms with Crippen LogP contribution in [0.5, 0.6) is 0 Å². The molecule has 6 heteroatoms. The Hall–Kier alpha value is -1.20. The maximum atomic E-state index is 13.3. The van der Waals surface area contributed by atoms with Crippen molar-refractivity contribution >= 4 is 18.3 Å². The van der Waals surface area contributed by atoms with Gasteiger partial charge in [0.05, 0.1) is 0 Å². The summed E-state index contributed by atoms with van der Waals surface area (Å²) in [5.41, 5.74) is 1.15. The highest BCUT2D eigenvalue weighted by Gasteiger charge is 2.47. The highest BCUT2D eigenvalue weighted by Crippen LogP contribution is 2.49. The molecule has 1 amide bonds. The number of piperidine rings is 1. The molecule has 4 rings (SSSR count). The first-order valence-electron chi connectivity index (χ1n) is 8.52. The van der Waals surface area contributed by atoms with Crippen LogP contribution in [-0.4, -0.2) is 37.0 Å². The first-order valence-corrected chi connectivity index (χ1v) is 8.52. The van der Waals surface area contributed by atoms with Crippen molar-refractivity contribution in [2.24, 2.45) is 11.3 Å². The smallest absolute Gasteiger partial charge is 0.226 e. The fraction of sp³-hybridized carbons (Fsp3) is 0.611. The maximum Gasteiger partial charge on any atom is 0.226 e. The van der Waals surface area contributed by atoms with E-state index in [2.05, 4.69) is 5.32 Å². The van der Waals surface area contributed by atoms with E-state index in [1.54, 1.807) is 6.07 Å². The zero-order valence-electron chi connectivity index (χ0n) is 13.6. The van der Waals surface area contributed by atoms with Crippen LogP contribution in [0.25, 0.3) is 0 Å². The lowest BCUT2D eigenvalue weighted by atomic mass is 9.78. The third kappa shape index (κ3) is 3.16. The average Bonchev–Trinajstić information content (AvgIpc) is 3.24. The molecule has 0 radical (unpaired) electrons. The molecule has 1 aliphatic carbocycles. The van der Waals surface area contributed by atoms with Gasteiger partial charge in [0.1, 0.15) is 0 Å². The van der Waals surface area contributed by atoms with Gasteiger partial charge in [-0.3, -0.25) is 4.79 Å². The van der Waals surface area contributed by atoms with E-state index in [9.17, 15) is 13.6 Å². The second kappa shape index (κ2) is 6.60. The molecule has 2 aliphatic heterocycles. The molecule has 3 fully saturated rings. The highest BCUT2D eigenvalue weighted by atomic mass is 35.5. The fourth-order valence-electron chi connectivity index (χ4n) is 4.24. The lowest BCUT2D eigenvalue weighted by Crippen LogP contribution is -2.44. The lowest BCUT2D eigenvalue weighted by molar-refractivity contribution is -0.134. The Balaban J connectivity index is 0.00000169. The van der Waals surface area contributed by atoms with E-state index in [0.29, 0.717) is 5.41 Å². The summed E-state index contributed by atoms with van der Waals surface area (Å²) in [5.74, 6) is -1.45. The fourth-order valence-corrected chi connectivity index (χ4v) is 4.24. The Bertz CT molecular complexity index is 623. The first-order chi connectivity index (χ1) is 11.1. The number of hydrogen-bond acceptors (Lipinski definition) is 2. The molecule has 0 bridgehead atoms. The average molecular weight is 357 g/mol. The summed E-state index contributed by atoms with van der Waals surface area (Å²) in [6.45, 7) is 3.84. The molecular formula is C18H23ClF2N2O. The van der Waals surface area contributed by atoms with Crippen molar-refractivity contribution in [2.45, 2.75) is 31.6 Å². The third-order valence-corrected chi connectivity index (χ3v) is 5.95. The van der Waals surface area contributed by atoms with Crippen LogP contribution in [0.3, 0.4) is 0 Å². The van der Waals surface area contributed by atoms with E-state index in [0.717, 1.165) is 57.1 Å². The summed E-state index contributed by atoms with van der Waals surface area (Å²) < 4.78 is 26.4. The predicted molar refractivity (Wildman–Crippen MR) is 90.2 cm³/mol. The normalized spacial score (nSPS) is 27.8. The molecule has 2 saturated heterocycles. The van der Waals surface area contributed by atoms with Gasteiger partial charge in [0.15, 0.2) is 11.6 Å². The van der Waals surface area contributed by atoms with Crippen molar-refractivity contribution in [2.75, 3.05) is 26.2 Å². The van der Waals surface area contributed by atoms with Crippen molar-refractivity contribution < 1.29 is 13.6 Å². The minimum absolute atomic E-state index is 0. The van der Waals surface area contributed by atoms with Crippen LogP contribution in [0.1, 0.15) is 37.2 Å². The number of amides is 1. The van der Waals surface area contributed by atoms with E-state index < -0.39 is 11.6 Å². The zero-order chi connectivity index (χ0) is 16.0. The Morgan fingerprint density at radius 3 is 2.54 bits per heavy atom. The van der Waals surface area contributed by atoms with Crippen LogP contribution in [0, 0.1) is 23.0 Å². The van der Waals surface area contributed by atoms with Gasteiger partial charge in [0, 0.05) is 25.6 Å². The lowest BCUT2D eigenvalue weighted by Gasteiger charge is -2.39. The highest BCUT2D eigenvalue weighted by molar-refractivity contribution is 5.85. The summed E-state index contributed by atoms with van der Waals surface area (Å²) in [5, 5.41) is 3.43. The SMILES string of the molecule is Cl.O=C(C1CC1c1ccc(F)c(F)c1)N1CCC2(CCNC2)CC1. The van der Waals surface area contributed by atoms with Crippen LogP contribution in [0.15, 0.2) is 18.2 Å². The topological polar surface area (TPSA) is 32.3 Å². The molecule has 3 nitrogen and oxygen atoms in total. The number of likely N-dealkylation sites (tertiary alicyclic amines) is 1. The number of hydrogen-bond donors (Lipinski definition) is 1. The van der Waals surface area contributed by atoms with Gasteiger partial charge in [-0.25, -0.2) is 8.78 Å². The molecule has 2 heterocycles. The summed E-state index contributed by atoms with van der Waals surface area (Å²) in [6.07, 6.45) is 4.13. The van der Waals surface area contributed by atoms with Gasteiger partial charge in [-0.2, -0.15) is 0 Å². The molecule has 1 N–H and O–H groups in total. The Labute approximate surface area is 147 Å². The first kappa shape index (κ1) is 17.6. The molecule has 132 valence electrons. The molecule has 24 heavy (non-hydrogen) atoms. The van der Waals surface area contributed by atoms with Crippen molar-refractivity contribution in [1.29, 1.82) is 0 Å². The second-order valence-corrected chi connectivity index (χ2v) is 7.37. The van der Waals surface area contributed by atoms with Crippen LogP contribution >= 0.6 is 12.4 Å².